The lowest BCUT2D eigenvalue weighted by Gasteiger charge is -2.26. The van der Waals surface area contributed by atoms with Crippen LogP contribution in [0.5, 0.6) is 0 Å². The maximum absolute atomic E-state index is 14.3. The molecule has 0 aliphatic carbocycles. The smallest absolute Gasteiger partial charge is 0.224 e. The normalized spacial score (nSPS) is 11.6. The summed E-state index contributed by atoms with van der Waals surface area (Å²) in [5, 5.41) is 0. The molecule has 0 fully saturated rings. The number of aryl methyl sites for hydroxylation is 2. The van der Waals surface area contributed by atoms with Gasteiger partial charge in [-0.2, -0.15) is 27.5 Å². The van der Waals surface area contributed by atoms with Gasteiger partial charge in [-0.15, -0.1) is 0 Å². The highest BCUT2D eigenvalue weighted by Crippen LogP contribution is 2.34. The van der Waals surface area contributed by atoms with Crippen molar-refractivity contribution in [2.45, 2.75) is 33.1 Å². The predicted octanol–water partition coefficient (Wildman–Crippen LogP) is 6.10. The first-order chi connectivity index (χ1) is 15.5. The van der Waals surface area contributed by atoms with Gasteiger partial charge in [0.25, 0.3) is 0 Å². The van der Waals surface area contributed by atoms with Gasteiger partial charge in [0.2, 0.25) is 23.8 Å². The molecule has 4 rings (SSSR count). The molecule has 0 saturated carbocycles. The fourth-order valence-corrected chi connectivity index (χ4v) is 3.59. The van der Waals surface area contributed by atoms with Crippen molar-refractivity contribution in [3.63, 3.8) is 0 Å². The molecule has 0 atom stereocenters. The lowest BCUT2D eigenvalue weighted by atomic mass is 9.83. The lowest BCUT2D eigenvalue weighted by Crippen LogP contribution is -2.23. The van der Waals surface area contributed by atoms with Crippen molar-refractivity contribution in [1.82, 2.24) is 19.9 Å². The van der Waals surface area contributed by atoms with E-state index in [2.05, 4.69) is 19.9 Å². The van der Waals surface area contributed by atoms with Gasteiger partial charge in [0.05, 0.1) is 33.9 Å². The van der Waals surface area contributed by atoms with E-state index >= 15 is 0 Å². The Morgan fingerprint density at radius 3 is 1.33 bits per heavy atom. The summed E-state index contributed by atoms with van der Waals surface area (Å²) in [6.07, 6.45) is 0. The third-order valence-corrected chi connectivity index (χ3v) is 5.40. The van der Waals surface area contributed by atoms with Gasteiger partial charge < -0.3 is 0 Å². The van der Waals surface area contributed by atoms with Crippen molar-refractivity contribution < 1.29 is 17.6 Å². The molecule has 0 amide bonds. The van der Waals surface area contributed by atoms with Gasteiger partial charge in [0.1, 0.15) is 0 Å². The Kier molecular flexibility index (Phi) is 5.69. The molecule has 0 aromatic carbocycles. The molecular weight excluding hydrogens is 432 g/mol. The van der Waals surface area contributed by atoms with Gasteiger partial charge >= 0.3 is 0 Å². The van der Waals surface area contributed by atoms with Crippen LogP contribution in [0.3, 0.4) is 0 Å². The molecule has 0 N–H and O–H groups in total. The number of hydrogen-bond donors (Lipinski definition) is 0. The molecule has 168 valence electrons. The van der Waals surface area contributed by atoms with Crippen molar-refractivity contribution >= 4 is 0 Å². The monoisotopic (exact) mass is 452 g/mol. The number of halogens is 4. The Hall–Kier alpha value is -3.68. The van der Waals surface area contributed by atoms with E-state index < -0.39 is 29.2 Å². The minimum atomic E-state index is -0.952. The van der Waals surface area contributed by atoms with Crippen LogP contribution in [0.4, 0.5) is 17.6 Å². The Balaban J connectivity index is 1.83. The molecule has 0 aliphatic heterocycles. The zero-order valence-corrected chi connectivity index (χ0v) is 18.4. The molecule has 0 radical (unpaired) electrons. The van der Waals surface area contributed by atoms with Crippen LogP contribution < -0.4 is 0 Å². The number of pyridine rings is 4. The van der Waals surface area contributed by atoms with Gasteiger partial charge in [-0.05, 0) is 87.4 Å². The number of rotatable bonds is 4. The molecular formula is C25H20F4N4. The highest BCUT2D eigenvalue weighted by molar-refractivity contribution is 5.62. The van der Waals surface area contributed by atoms with Crippen LogP contribution in [-0.4, -0.2) is 19.9 Å². The SMILES string of the molecule is Cc1cc(-c2ccc(F)nc2F)nc(C(C)(C)c2cc(C)cc(-c3ccc(F)nc3F)n2)c1. The molecule has 4 aromatic heterocycles. The third-order valence-electron chi connectivity index (χ3n) is 5.40. The van der Waals surface area contributed by atoms with Crippen LogP contribution in [-0.2, 0) is 5.41 Å². The molecule has 4 aromatic rings. The zero-order chi connectivity index (χ0) is 23.9. The second-order valence-electron chi connectivity index (χ2n) is 8.40. The van der Waals surface area contributed by atoms with Crippen molar-refractivity contribution in [1.29, 1.82) is 0 Å². The van der Waals surface area contributed by atoms with Gasteiger partial charge in [0.15, 0.2) is 0 Å². The van der Waals surface area contributed by atoms with Crippen LogP contribution >= 0.6 is 0 Å². The van der Waals surface area contributed by atoms with E-state index in [1.165, 1.54) is 12.1 Å². The molecule has 0 aliphatic rings. The van der Waals surface area contributed by atoms with Crippen molar-refractivity contribution in [3.8, 4) is 22.5 Å². The van der Waals surface area contributed by atoms with Crippen LogP contribution in [0.1, 0.15) is 36.4 Å². The lowest BCUT2D eigenvalue weighted by molar-refractivity contribution is 0.514. The van der Waals surface area contributed by atoms with Crippen molar-refractivity contribution in [3.05, 3.63) is 94.8 Å². The molecule has 0 saturated heterocycles. The molecule has 33 heavy (non-hydrogen) atoms. The molecule has 0 spiro atoms. The van der Waals surface area contributed by atoms with E-state index in [4.69, 9.17) is 0 Å². The van der Waals surface area contributed by atoms with E-state index in [1.807, 2.05) is 39.8 Å². The third kappa shape index (κ3) is 4.46. The minimum Gasteiger partial charge on any atom is -0.252 e. The topological polar surface area (TPSA) is 51.6 Å². The number of hydrogen-bond acceptors (Lipinski definition) is 4. The molecule has 4 heterocycles. The van der Waals surface area contributed by atoms with Crippen LogP contribution in [0.25, 0.3) is 22.5 Å². The minimum absolute atomic E-state index is 0.0782. The summed E-state index contributed by atoms with van der Waals surface area (Å²) < 4.78 is 55.1. The summed E-state index contributed by atoms with van der Waals surface area (Å²) in [6.45, 7) is 7.47. The van der Waals surface area contributed by atoms with Crippen molar-refractivity contribution in [2.24, 2.45) is 0 Å². The summed E-state index contributed by atoms with van der Waals surface area (Å²) >= 11 is 0. The second kappa shape index (κ2) is 8.35. The maximum Gasteiger partial charge on any atom is 0.224 e. The first-order valence-electron chi connectivity index (χ1n) is 10.2. The molecule has 0 unspecified atom stereocenters. The summed E-state index contributed by atoms with van der Waals surface area (Å²) in [7, 11) is 0. The van der Waals surface area contributed by atoms with Gasteiger partial charge in [-0.3, -0.25) is 9.97 Å². The van der Waals surface area contributed by atoms with Gasteiger partial charge in [-0.25, -0.2) is 0 Å². The average Bonchev–Trinajstić information content (AvgIpc) is 2.72. The van der Waals surface area contributed by atoms with Gasteiger partial charge in [0, 0.05) is 5.41 Å². The first-order valence-corrected chi connectivity index (χ1v) is 10.2. The summed E-state index contributed by atoms with van der Waals surface area (Å²) in [5.41, 5.74) is 2.81. The maximum atomic E-state index is 14.3. The largest absolute Gasteiger partial charge is 0.252 e. The summed E-state index contributed by atoms with van der Waals surface area (Å²) in [4.78, 5) is 15.7. The fraction of sp³-hybridized carbons (Fsp3) is 0.200. The Labute approximate surface area is 188 Å². The first kappa shape index (κ1) is 22.5. The van der Waals surface area contributed by atoms with Crippen LogP contribution in [0, 0.1) is 37.6 Å². The Bertz CT molecular complexity index is 1270. The number of aromatic nitrogens is 4. The van der Waals surface area contributed by atoms with E-state index in [1.54, 1.807) is 12.1 Å². The Morgan fingerprint density at radius 1 is 0.576 bits per heavy atom. The van der Waals surface area contributed by atoms with E-state index in [9.17, 15) is 17.6 Å². The highest BCUT2D eigenvalue weighted by atomic mass is 19.1. The molecule has 4 nitrogen and oxygen atoms in total. The summed E-state index contributed by atoms with van der Waals surface area (Å²) in [6, 6.07) is 11.8. The summed E-state index contributed by atoms with van der Waals surface area (Å²) in [5.74, 6) is -3.73. The molecule has 8 heteroatoms. The predicted molar refractivity (Wildman–Crippen MR) is 116 cm³/mol. The quantitative estimate of drug-likeness (QED) is 0.277. The fourth-order valence-electron chi connectivity index (χ4n) is 3.59. The van der Waals surface area contributed by atoms with Crippen molar-refractivity contribution in [2.75, 3.05) is 0 Å². The van der Waals surface area contributed by atoms with Crippen LogP contribution in [0.2, 0.25) is 0 Å². The second-order valence-corrected chi connectivity index (χ2v) is 8.40. The van der Waals surface area contributed by atoms with Gasteiger partial charge in [-0.1, -0.05) is 0 Å². The van der Waals surface area contributed by atoms with E-state index in [0.717, 1.165) is 23.3 Å². The van der Waals surface area contributed by atoms with E-state index in [-0.39, 0.29) is 11.1 Å². The zero-order valence-electron chi connectivity index (χ0n) is 18.4. The van der Waals surface area contributed by atoms with Crippen LogP contribution in [0.15, 0.2) is 48.5 Å². The van der Waals surface area contributed by atoms with E-state index in [0.29, 0.717) is 22.8 Å². The number of nitrogens with zero attached hydrogens (tertiary/aromatic N) is 4. The Morgan fingerprint density at radius 2 is 0.970 bits per heavy atom. The highest BCUT2D eigenvalue weighted by Gasteiger charge is 2.29. The average molecular weight is 452 g/mol. The standard InChI is InChI=1S/C25H20F4N4/c1-13-9-17(15-5-7-21(26)32-23(15)28)30-19(11-13)25(3,4)20-12-14(2)10-18(31-20)16-6-8-22(27)33-24(16)29/h5-12H,1-4H3. The molecule has 0 bridgehead atoms.